The van der Waals surface area contributed by atoms with E-state index in [0.29, 0.717) is 29.6 Å². The maximum atomic E-state index is 13.2. The maximum absolute atomic E-state index is 13.2. The molecule has 29 heavy (non-hydrogen) atoms. The van der Waals surface area contributed by atoms with Gasteiger partial charge in [0.05, 0.1) is 27.8 Å². The molecule has 6 heteroatoms. The van der Waals surface area contributed by atoms with Crippen molar-refractivity contribution in [3.05, 3.63) is 70.6 Å². The predicted octanol–water partition coefficient (Wildman–Crippen LogP) is 5.09. The minimum atomic E-state index is 0.0416. The normalized spacial score (nSPS) is 15.3. The molecule has 0 bridgehead atoms. The molecule has 1 amide bonds. The fraction of sp³-hybridized carbons (Fsp3) is 0.261. The van der Waals surface area contributed by atoms with Crippen LogP contribution in [0.4, 0.5) is 0 Å². The summed E-state index contributed by atoms with van der Waals surface area (Å²) >= 11 is 6.11. The minimum absolute atomic E-state index is 0.0416. The van der Waals surface area contributed by atoms with E-state index in [0.717, 1.165) is 46.3 Å². The van der Waals surface area contributed by atoms with Crippen molar-refractivity contribution in [3.63, 3.8) is 0 Å². The van der Waals surface area contributed by atoms with E-state index in [4.69, 9.17) is 16.6 Å². The number of aryl methyl sites for hydroxylation is 1. The number of pyridine rings is 1. The number of carbonyl (C=O) groups excluding carboxylic acids is 1. The number of hydrogen-bond donors (Lipinski definition) is 1. The molecule has 4 aromatic rings. The van der Waals surface area contributed by atoms with Crippen molar-refractivity contribution in [1.29, 1.82) is 0 Å². The Morgan fingerprint density at radius 1 is 1.07 bits per heavy atom. The Kier molecular flexibility index (Phi) is 4.47. The fourth-order valence-electron chi connectivity index (χ4n) is 4.15. The van der Waals surface area contributed by atoms with E-state index in [-0.39, 0.29) is 5.91 Å². The maximum Gasteiger partial charge on any atom is 0.255 e. The zero-order chi connectivity index (χ0) is 20.0. The van der Waals surface area contributed by atoms with Crippen LogP contribution in [0.15, 0.2) is 48.5 Å². The average Bonchev–Trinajstić information content (AvgIpc) is 3.17. The van der Waals surface area contributed by atoms with Crippen molar-refractivity contribution in [2.24, 2.45) is 0 Å². The van der Waals surface area contributed by atoms with Crippen molar-refractivity contribution < 1.29 is 4.79 Å². The van der Waals surface area contributed by atoms with Gasteiger partial charge in [-0.05, 0) is 56.2 Å². The second kappa shape index (κ2) is 7.16. The second-order valence-corrected chi connectivity index (χ2v) is 8.10. The van der Waals surface area contributed by atoms with Crippen LogP contribution in [0.2, 0.25) is 5.02 Å². The van der Waals surface area contributed by atoms with Crippen LogP contribution in [-0.2, 0) is 0 Å². The lowest BCUT2D eigenvalue weighted by Crippen LogP contribution is -2.38. The highest BCUT2D eigenvalue weighted by Crippen LogP contribution is 2.29. The first-order chi connectivity index (χ1) is 14.1. The third-order valence-corrected chi connectivity index (χ3v) is 6.01. The van der Waals surface area contributed by atoms with Gasteiger partial charge in [-0.1, -0.05) is 23.7 Å². The molecule has 1 aliphatic heterocycles. The van der Waals surface area contributed by atoms with Gasteiger partial charge in [0, 0.05) is 29.4 Å². The van der Waals surface area contributed by atoms with Gasteiger partial charge in [0.1, 0.15) is 5.82 Å². The van der Waals surface area contributed by atoms with E-state index >= 15 is 0 Å². The van der Waals surface area contributed by atoms with Gasteiger partial charge < -0.3 is 9.88 Å². The number of fused-ring (bicyclic) bond motifs is 2. The molecule has 3 heterocycles. The molecule has 5 nitrogen and oxygen atoms in total. The van der Waals surface area contributed by atoms with E-state index in [2.05, 4.69) is 9.97 Å². The SMILES string of the molecule is Cc1nc2ccc(Cl)cc2cc1C(=O)N1CCC(c2nc3ccccc3[nH]2)CC1. The monoisotopic (exact) mass is 404 g/mol. The van der Waals surface area contributed by atoms with Crippen molar-refractivity contribution in [1.82, 2.24) is 19.9 Å². The molecule has 1 fully saturated rings. The molecule has 0 atom stereocenters. The largest absolute Gasteiger partial charge is 0.342 e. The fourth-order valence-corrected chi connectivity index (χ4v) is 4.33. The first-order valence-corrected chi connectivity index (χ1v) is 10.3. The number of halogens is 1. The molecule has 0 spiro atoms. The highest BCUT2D eigenvalue weighted by molar-refractivity contribution is 6.31. The lowest BCUT2D eigenvalue weighted by atomic mass is 9.95. The summed E-state index contributed by atoms with van der Waals surface area (Å²) in [6.45, 7) is 3.32. The molecular formula is C23H21ClN4O. The number of likely N-dealkylation sites (tertiary alicyclic amines) is 1. The molecule has 146 valence electrons. The summed E-state index contributed by atoms with van der Waals surface area (Å²) in [7, 11) is 0. The van der Waals surface area contributed by atoms with Crippen molar-refractivity contribution in [2.45, 2.75) is 25.7 Å². The van der Waals surface area contributed by atoms with E-state index in [9.17, 15) is 4.79 Å². The molecule has 2 aromatic carbocycles. The van der Waals surface area contributed by atoms with Crippen molar-refractivity contribution in [3.8, 4) is 0 Å². The standard InChI is InChI=1S/C23H21ClN4O/c1-14-18(13-16-12-17(24)6-7-19(16)25-14)23(29)28-10-8-15(9-11-28)22-26-20-4-2-3-5-21(20)27-22/h2-7,12-13,15H,8-11H2,1H3,(H,26,27). The summed E-state index contributed by atoms with van der Waals surface area (Å²) in [5, 5.41) is 1.54. The van der Waals surface area contributed by atoms with Crippen LogP contribution in [0.3, 0.4) is 0 Å². The molecule has 0 unspecified atom stereocenters. The van der Waals surface area contributed by atoms with Crippen LogP contribution in [0.25, 0.3) is 21.9 Å². The van der Waals surface area contributed by atoms with E-state index in [1.807, 2.05) is 60.4 Å². The van der Waals surface area contributed by atoms with Crippen LogP contribution < -0.4 is 0 Å². The number of amides is 1. The Morgan fingerprint density at radius 2 is 1.86 bits per heavy atom. The van der Waals surface area contributed by atoms with Crippen LogP contribution in [0.5, 0.6) is 0 Å². The number of para-hydroxylation sites is 2. The zero-order valence-corrected chi connectivity index (χ0v) is 16.9. The highest BCUT2D eigenvalue weighted by atomic mass is 35.5. The quantitative estimate of drug-likeness (QED) is 0.506. The first-order valence-electron chi connectivity index (χ1n) is 9.89. The molecule has 1 saturated heterocycles. The van der Waals surface area contributed by atoms with E-state index < -0.39 is 0 Å². The third-order valence-electron chi connectivity index (χ3n) is 5.77. The number of carbonyl (C=O) groups is 1. The topological polar surface area (TPSA) is 61.9 Å². The van der Waals surface area contributed by atoms with Crippen LogP contribution in [0.1, 0.15) is 40.6 Å². The lowest BCUT2D eigenvalue weighted by Gasteiger charge is -2.31. The Morgan fingerprint density at radius 3 is 2.66 bits per heavy atom. The lowest BCUT2D eigenvalue weighted by molar-refractivity contribution is 0.0710. The van der Waals surface area contributed by atoms with Gasteiger partial charge in [0.25, 0.3) is 5.91 Å². The molecule has 1 N–H and O–H groups in total. The molecule has 2 aromatic heterocycles. The van der Waals surface area contributed by atoms with Crippen LogP contribution in [0, 0.1) is 6.92 Å². The van der Waals surface area contributed by atoms with Crippen LogP contribution >= 0.6 is 11.6 Å². The summed E-state index contributed by atoms with van der Waals surface area (Å²) < 4.78 is 0. The molecular weight excluding hydrogens is 384 g/mol. The van der Waals surface area contributed by atoms with Crippen LogP contribution in [-0.4, -0.2) is 38.8 Å². The van der Waals surface area contributed by atoms with Gasteiger partial charge in [0.15, 0.2) is 0 Å². The number of imidazole rings is 1. The van der Waals surface area contributed by atoms with Gasteiger partial charge in [0.2, 0.25) is 0 Å². The summed E-state index contributed by atoms with van der Waals surface area (Å²) in [6, 6.07) is 15.6. The zero-order valence-electron chi connectivity index (χ0n) is 16.2. The molecule has 1 aliphatic rings. The van der Waals surface area contributed by atoms with Crippen molar-refractivity contribution >= 4 is 39.4 Å². The Balaban J connectivity index is 1.34. The van der Waals surface area contributed by atoms with Gasteiger partial charge in [-0.3, -0.25) is 9.78 Å². The number of piperidine rings is 1. The molecule has 0 radical (unpaired) electrons. The van der Waals surface area contributed by atoms with Gasteiger partial charge in [-0.2, -0.15) is 0 Å². The van der Waals surface area contributed by atoms with Gasteiger partial charge in [-0.25, -0.2) is 4.98 Å². The average molecular weight is 405 g/mol. The number of hydrogen-bond acceptors (Lipinski definition) is 3. The summed E-state index contributed by atoms with van der Waals surface area (Å²) in [6.07, 6.45) is 1.80. The number of nitrogens with zero attached hydrogens (tertiary/aromatic N) is 3. The summed E-state index contributed by atoms with van der Waals surface area (Å²) in [5.74, 6) is 1.41. The van der Waals surface area contributed by atoms with E-state index in [1.165, 1.54) is 0 Å². The van der Waals surface area contributed by atoms with Gasteiger partial charge in [-0.15, -0.1) is 0 Å². The summed E-state index contributed by atoms with van der Waals surface area (Å²) in [4.78, 5) is 27.9. The smallest absolute Gasteiger partial charge is 0.255 e. The molecule has 5 rings (SSSR count). The molecule has 0 aliphatic carbocycles. The molecule has 0 saturated carbocycles. The Labute approximate surface area is 173 Å². The summed E-state index contributed by atoms with van der Waals surface area (Å²) in [5.41, 5.74) is 4.33. The number of aromatic nitrogens is 3. The Hall–Kier alpha value is -2.92. The van der Waals surface area contributed by atoms with E-state index in [1.54, 1.807) is 0 Å². The number of rotatable bonds is 2. The predicted molar refractivity (Wildman–Crippen MR) is 115 cm³/mol. The number of H-pyrrole nitrogens is 1. The number of nitrogens with one attached hydrogen (secondary N) is 1. The Bertz CT molecular complexity index is 1190. The number of benzene rings is 2. The second-order valence-electron chi connectivity index (χ2n) is 7.66. The third kappa shape index (κ3) is 3.36. The minimum Gasteiger partial charge on any atom is -0.342 e. The van der Waals surface area contributed by atoms with Gasteiger partial charge >= 0.3 is 0 Å². The highest BCUT2D eigenvalue weighted by Gasteiger charge is 2.27. The van der Waals surface area contributed by atoms with Crippen molar-refractivity contribution in [2.75, 3.05) is 13.1 Å². The first kappa shape index (κ1) is 18.1. The number of aromatic amines is 1.